The molecule has 1 nitrogen and oxygen atoms in total. The maximum atomic E-state index is 5.37. The number of benzene rings is 1. The Balaban J connectivity index is 2.88. The van der Waals surface area contributed by atoms with Gasteiger partial charge >= 0.3 is 0 Å². The summed E-state index contributed by atoms with van der Waals surface area (Å²) in [7, 11) is 1.73. The molecule has 0 N–H and O–H groups in total. The number of thiophene rings is 1. The molecule has 0 atom stereocenters. The minimum Gasteiger partial charge on any atom is -0.495 e. The van der Waals surface area contributed by atoms with E-state index in [9.17, 15) is 0 Å². The van der Waals surface area contributed by atoms with Crippen molar-refractivity contribution in [2.45, 2.75) is 6.92 Å². The molecule has 3 heteroatoms. The van der Waals surface area contributed by atoms with Gasteiger partial charge in [0.05, 0.1) is 10.7 Å². The van der Waals surface area contributed by atoms with Gasteiger partial charge in [0.25, 0.3) is 0 Å². The second-order valence-electron chi connectivity index (χ2n) is 2.87. The second kappa shape index (κ2) is 3.46. The Morgan fingerprint density at radius 2 is 2.23 bits per heavy atom. The summed E-state index contributed by atoms with van der Waals surface area (Å²) in [5.74, 6) is 1.00. The van der Waals surface area contributed by atoms with Crippen LogP contribution < -0.4 is 4.74 Å². The minimum absolute atomic E-state index is 1.00. The van der Waals surface area contributed by atoms with Crippen molar-refractivity contribution >= 4 is 44.0 Å². The van der Waals surface area contributed by atoms with Crippen LogP contribution in [0.5, 0.6) is 5.75 Å². The van der Waals surface area contributed by atoms with E-state index in [1.54, 1.807) is 18.4 Å². The molecule has 0 fully saturated rings. The average molecular weight is 304 g/mol. The maximum Gasteiger partial charge on any atom is 0.140 e. The number of hydrogen-bond acceptors (Lipinski definition) is 2. The first-order valence-corrected chi connectivity index (χ1v) is 5.90. The predicted octanol–water partition coefficient (Wildman–Crippen LogP) is 3.82. The van der Waals surface area contributed by atoms with Crippen molar-refractivity contribution in [1.29, 1.82) is 0 Å². The van der Waals surface area contributed by atoms with Crippen molar-refractivity contribution in [3.8, 4) is 5.75 Å². The zero-order chi connectivity index (χ0) is 9.42. The molecular formula is C10H9IOS. The number of halogens is 1. The summed E-state index contributed by atoms with van der Waals surface area (Å²) in [5, 5.41) is 3.34. The van der Waals surface area contributed by atoms with Crippen LogP contribution in [-0.2, 0) is 0 Å². The lowest BCUT2D eigenvalue weighted by molar-refractivity contribution is 0.417. The minimum atomic E-state index is 1.00. The molecule has 0 aliphatic heterocycles. The van der Waals surface area contributed by atoms with Gasteiger partial charge in [0, 0.05) is 10.1 Å². The van der Waals surface area contributed by atoms with Gasteiger partial charge in [-0.1, -0.05) is 0 Å². The zero-order valence-electron chi connectivity index (χ0n) is 7.43. The Labute approximate surface area is 94.9 Å². The van der Waals surface area contributed by atoms with Gasteiger partial charge < -0.3 is 4.74 Å². The van der Waals surface area contributed by atoms with Gasteiger partial charge in [-0.25, -0.2) is 0 Å². The molecule has 0 unspecified atom stereocenters. The van der Waals surface area contributed by atoms with E-state index in [1.165, 1.54) is 19.2 Å². The fourth-order valence-electron chi connectivity index (χ4n) is 1.45. The number of fused-ring (bicyclic) bond motifs is 1. The summed E-state index contributed by atoms with van der Waals surface area (Å²) in [6.07, 6.45) is 0. The molecule has 68 valence electrons. The van der Waals surface area contributed by atoms with E-state index in [1.807, 2.05) is 0 Å². The number of hydrogen-bond donors (Lipinski definition) is 0. The molecule has 0 saturated carbocycles. The number of rotatable bonds is 1. The van der Waals surface area contributed by atoms with Crippen LogP contribution in [0.25, 0.3) is 10.1 Å². The van der Waals surface area contributed by atoms with E-state index in [2.05, 4.69) is 47.0 Å². The molecule has 13 heavy (non-hydrogen) atoms. The molecule has 2 rings (SSSR count). The van der Waals surface area contributed by atoms with Gasteiger partial charge in [0.1, 0.15) is 5.75 Å². The molecule has 0 saturated heterocycles. The second-order valence-corrected chi connectivity index (χ2v) is 4.95. The van der Waals surface area contributed by atoms with Gasteiger partial charge in [-0.2, -0.15) is 0 Å². The quantitative estimate of drug-likeness (QED) is 0.728. The number of ether oxygens (including phenoxy) is 1. The lowest BCUT2D eigenvalue weighted by Gasteiger charge is -2.06. The van der Waals surface area contributed by atoms with Gasteiger partial charge in [0.2, 0.25) is 0 Å². The van der Waals surface area contributed by atoms with Crippen molar-refractivity contribution in [2.24, 2.45) is 0 Å². The van der Waals surface area contributed by atoms with Crippen LogP contribution in [0.1, 0.15) is 5.56 Å². The summed E-state index contributed by atoms with van der Waals surface area (Å²) in [5.41, 5.74) is 1.33. The number of aryl methyl sites for hydroxylation is 1. The largest absolute Gasteiger partial charge is 0.495 e. The van der Waals surface area contributed by atoms with E-state index in [0.29, 0.717) is 0 Å². The third kappa shape index (κ3) is 1.44. The first-order chi connectivity index (χ1) is 6.24. The van der Waals surface area contributed by atoms with Crippen molar-refractivity contribution in [2.75, 3.05) is 7.11 Å². The Hall–Kier alpha value is -0.290. The van der Waals surface area contributed by atoms with Crippen LogP contribution in [0.4, 0.5) is 0 Å². The lowest BCUT2D eigenvalue weighted by Crippen LogP contribution is -1.88. The molecular weight excluding hydrogens is 295 g/mol. The lowest BCUT2D eigenvalue weighted by atomic mass is 10.2. The first-order valence-electron chi connectivity index (χ1n) is 3.94. The van der Waals surface area contributed by atoms with E-state index in [4.69, 9.17) is 4.74 Å². The van der Waals surface area contributed by atoms with E-state index >= 15 is 0 Å². The zero-order valence-corrected chi connectivity index (χ0v) is 10.4. The monoisotopic (exact) mass is 304 g/mol. The van der Waals surface area contributed by atoms with Crippen LogP contribution in [-0.4, -0.2) is 7.11 Å². The third-order valence-electron chi connectivity index (χ3n) is 2.03. The summed E-state index contributed by atoms with van der Waals surface area (Å²) in [6, 6.07) is 4.28. The molecule has 0 aliphatic carbocycles. The van der Waals surface area contributed by atoms with Crippen LogP contribution in [0.15, 0.2) is 17.5 Å². The van der Waals surface area contributed by atoms with Crippen LogP contribution in [0.3, 0.4) is 0 Å². The molecule has 0 spiro atoms. The fourth-order valence-corrected chi connectivity index (χ4v) is 3.30. The average Bonchev–Trinajstić information content (AvgIpc) is 2.53. The van der Waals surface area contributed by atoms with Crippen molar-refractivity contribution < 1.29 is 4.74 Å². The normalized spacial score (nSPS) is 10.7. The highest BCUT2D eigenvalue weighted by atomic mass is 127. The molecule has 1 aromatic carbocycles. The summed E-state index contributed by atoms with van der Waals surface area (Å²) >= 11 is 4.08. The highest BCUT2D eigenvalue weighted by Gasteiger charge is 2.09. The van der Waals surface area contributed by atoms with Crippen molar-refractivity contribution in [3.05, 3.63) is 26.6 Å². The van der Waals surface area contributed by atoms with E-state index in [0.717, 1.165) is 5.75 Å². The topological polar surface area (TPSA) is 9.23 Å². The van der Waals surface area contributed by atoms with Crippen LogP contribution in [0.2, 0.25) is 0 Å². The highest BCUT2D eigenvalue weighted by molar-refractivity contribution is 14.1. The van der Waals surface area contributed by atoms with Crippen LogP contribution >= 0.6 is 33.9 Å². The van der Waals surface area contributed by atoms with Gasteiger partial charge in [-0.3, -0.25) is 0 Å². The van der Waals surface area contributed by atoms with Crippen LogP contribution in [0, 0.1) is 10.5 Å². The first kappa shape index (κ1) is 9.27. The maximum absolute atomic E-state index is 5.37. The standard InChI is InChI=1S/C10H9IOS/c1-6-5-8(11)9(12-2)7-3-4-13-10(6)7/h3-5H,1-2H3. The summed E-state index contributed by atoms with van der Waals surface area (Å²) in [6.45, 7) is 2.14. The molecule has 0 aliphatic rings. The summed E-state index contributed by atoms with van der Waals surface area (Å²) in [4.78, 5) is 0. The smallest absolute Gasteiger partial charge is 0.140 e. The van der Waals surface area contributed by atoms with Crippen molar-refractivity contribution in [1.82, 2.24) is 0 Å². The van der Waals surface area contributed by atoms with E-state index in [-0.39, 0.29) is 0 Å². The SMILES string of the molecule is COc1c(I)cc(C)c2sccc12. The third-order valence-corrected chi connectivity index (χ3v) is 3.88. The Morgan fingerprint density at radius 3 is 2.92 bits per heavy atom. The predicted molar refractivity (Wildman–Crippen MR) is 65.8 cm³/mol. The van der Waals surface area contributed by atoms with Gasteiger partial charge in [-0.15, -0.1) is 11.3 Å². The highest BCUT2D eigenvalue weighted by Crippen LogP contribution is 2.36. The fraction of sp³-hybridized carbons (Fsp3) is 0.200. The van der Waals surface area contributed by atoms with Gasteiger partial charge in [-0.05, 0) is 52.6 Å². The Bertz CT molecular complexity index is 447. The molecule has 1 heterocycles. The summed E-state index contributed by atoms with van der Waals surface area (Å²) < 4.78 is 7.89. The molecule has 0 bridgehead atoms. The van der Waals surface area contributed by atoms with E-state index < -0.39 is 0 Å². The molecule has 0 radical (unpaired) electrons. The van der Waals surface area contributed by atoms with Gasteiger partial charge in [0.15, 0.2) is 0 Å². The van der Waals surface area contributed by atoms with Crippen molar-refractivity contribution in [3.63, 3.8) is 0 Å². The molecule has 0 amide bonds. The Kier molecular flexibility index (Phi) is 2.47. The molecule has 2 aromatic rings. The Morgan fingerprint density at radius 1 is 1.46 bits per heavy atom. The molecule has 1 aromatic heterocycles. The number of methoxy groups -OCH3 is 1.